The van der Waals surface area contributed by atoms with Gasteiger partial charge >= 0.3 is 0 Å². The van der Waals surface area contributed by atoms with Gasteiger partial charge in [-0.3, -0.25) is 0 Å². The van der Waals surface area contributed by atoms with Crippen LogP contribution in [0.1, 0.15) is 37.8 Å². The number of nitrogens with one attached hydrogen (secondary N) is 1. The van der Waals surface area contributed by atoms with E-state index in [-0.39, 0.29) is 0 Å². The second-order valence-corrected chi connectivity index (χ2v) is 4.39. The Bertz CT molecular complexity index is 268. The molecule has 2 atom stereocenters. The summed E-state index contributed by atoms with van der Waals surface area (Å²) in [7, 11) is 0. The number of hydrogen-bond acceptors (Lipinski definition) is 1. The van der Waals surface area contributed by atoms with E-state index in [0.717, 1.165) is 5.92 Å². The summed E-state index contributed by atoms with van der Waals surface area (Å²) in [6.07, 6.45) is 3.96. The molecule has 0 aliphatic carbocycles. The monoisotopic (exact) mass is 189 g/mol. The van der Waals surface area contributed by atoms with E-state index in [4.69, 9.17) is 0 Å². The van der Waals surface area contributed by atoms with Gasteiger partial charge in [-0.2, -0.15) is 0 Å². The van der Waals surface area contributed by atoms with Crippen LogP contribution in [0.2, 0.25) is 0 Å². The van der Waals surface area contributed by atoms with Gasteiger partial charge in [-0.1, -0.05) is 37.3 Å². The van der Waals surface area contributed by atoms with Crippen LogP contribution >= 0.6 is 0 Å². The Morgan fingerprint density at radius 1 is 1.07 bits per heavy atom. The zero-order valence-electron chi connectivity index (χ0n) is 8.87. The van der Waals surface area contributed by atoms with Gasteiger partial charge in [-0.25, -0.2) is 0 Å². The molecule has 1 N–H and O–H groups in total. The lowest BCUT2D eigenvalue weighted by atomic mass is 9.98. The molecule has 1 heteroatoms. The highest BCUT2D eigenvalue weighted by molar-refractivity contribution is 5.18. The third kappa shape index (κ3) is 2.36. The van der Waals surface area contributed by atoms with Crippen molar-refractivity contribution in [1.29, 1.82) is 0 Å². The van der Waals surface area contributed by atoms with E-state index in [1.54, 1.807) is 0 Å². The van der Waals surface area contributed by atoms with Gasteiger partial charge < -0.3 is 5.32 Å². The molecule has 0 aromatic heterocycles. The first-order chi connectivity index (χ1) is 6.86. The highest BCUT2D eigenvalue weighted by Crippen LogP contribution is 2.24. The molecule has 1 aromatic rings. The third-order valence-corrected chi connectivity index (χ3v) is 3.18. The number of hydrogen-bond donors (Lipinski definition) is 1. The molecule has 1 fully saturated rings. The summed E-state index contributed by atoms with van der Waals surface area (Å²) >= 11 is 0. The predicted molar refractivity (Wildman–Crippen MR) is 60.2 cm³/mol. The van der Waals surface area contributed by atoms with E-state index in [1.807, 2.05) is 0 Å². The van der Waals surface area contributed by atoms with Crippen LogP contribution in [0.25, 0.3) is 0 Å². The van der Waals surface area contributed by atoms with Crippen LogP contribution in [0.5, 0.6) is 0 Å². The highest BCUT2D eigenvalue weighted by Gasteiger charge is 2.16. The Morgan fingerprint density at radius 2 is 1.86 bits per heavy atom. The first kappa shape index (κ1) is 9.72. The molecule has 1 aliphatic rings. The standard InChI is InChI=1S/C13H19N/c1-11-7-8-13(14-10-9-11)12-5-3-2-4-6-12/h2-6,11,13-14H,7-10H2,1H3/t11-,13-/m0/s1. The minimum atomic E-state index is 0.584. The second-order valence-electron chi connectivity index (χ2n) is 4.39. The lowest BCUT2D eigenvalue weighted by Gasteiger charge is -2.15. The highest BCUT2D eigenvalue weighted by atomic mass is 14.9. The molecule has 1 aliphatic heterocycles. The maximum atomic E-state index is 3.63. The molecule has 0 spiro atoms. The van der Waals surface area contributed by atoms with E-state index in [1.165, 1.54) is 31.4 Å². The largest absolute Gasteiger partial charge is 0.310 e. The molecule has 0 saturated carbocycles. The molecule has 1 aromatic carbocycles. The van der Waals surface area contributed by atoms with Crippen LogP contribution in [-0.2, 0) is 0 Å². The molecule has 0 amide bonds. The van der Waals surface area contributed by atoms with E-state index < -0.39 is 0 Å². The fraction of sp³-hybridized carbons (Fsp3) is 0.538. The van der Waals surface area contributed by atoms with Crippen LogP contribution in [-0.4, -0.2) is 6.54 Å². The van der Waals surface area contributed by atoms with E-state index in [2.05, 4.69) is 42.6 Å². The van der Waals surface area contributed by atoms with E-state index >= 15 is 0 Å². The van der Waals surface area contributed by atoms with Crippen molar-refractivity contribution in [3.8, 4) is 0 Å². The maximum Gasteiger partial charge on any atom is 0.0320 e. The summed E-state index contributed by atoms with van der Waals surface area (Å²) in [4.78, 5) is 0. The average molecular weight is 189 g/mol. The van der Waals surface area contributed by atoms with Gasteiger partial charge in [-0.15, -0.1) is 0 Å². The molecule has 0 bridgehead atoms. The second kappa shape index (κ2) is 4.61. The lowest BCUT2D eigenvalue weighted by molar-refractivity contribution is 0.502. The third-order valence-electron chi connectivity index (χ3n) is 3.18. The van der Waals surface area contributed by atoms with Gasteiger partial charge in [0, 0.05) is 6.04 Å². The molecule has 1 heterocycles. The predicted octanol–water partition coefficient (Wildman–Crippen LogP) is 3.14. The van der Waals surface area contributed by atoms with Crippen molar-refractivity contribution in [3.63, 3.8) is 0 Å². The topological polar surface area (TPSA) is 12.0 Å². The quantitative estimate of drug-likeness (QED) is 0.715. The van der Waals surface area contributed by atoms with Crippen molar-refractivity contribution in [2.75, 3.05) is 6.54 Å². The van der Waals surface area contributed by atoms with Crippen molar-refractivity contribution in [2.24, 2.45) is 5.92 Å². The van der Waals surface area contributed by atoms with Gasteiger partial charge in [0.1, 0.15) is 0 Å². The minimum Gasteiger partial charge on any atom is -0.310 e. The van der Waals surface area contributed by atoms with Gasteiger partial charge in [0.25, 0.3) is 0 Å². The van der Waals surface area contributed by atoms with Crippen LogP contribution < -0.4 is 5.32 Å². The molecule has 0 unspecified atom stereocenters. The van der Waals surface area contributed by atoms with Gasteiger partial charge in [0.05, 0.1) is 0 Å². The normalized spacial score (nSPS) is 28.4. The molecular weight excluding hydrogens is 170 g/mol. The maximum absolute atomic E-state index is 3.63. The Kier molecular flexibility index (Phi) is 3.20. The Labute approximate surface area is 86.5 Å². The summed E-state index contributed by atoms with van der Waals surface area (Å²) < 4.78 is 0. The van der Waals surface area contributed by atoms with Crippen LogP contribution in [0.3, 0.4) is 0 Å². The molecule has 1 nitrogen and oxygen atoms in total. The first-order valence-electron chi connectivity index (χ1n) is 5.64. The van der Waals surface area contributed by atoms with Crippen molar-refractivity contribution < 1.29 is 0 Å². The minimum absolute atomic E-state index is 0.584. The molecule has 0 radical (unpaired) electrons. The molecule has 14 heavy (non-hydrogen) atoms. The van der Waals surface area contributed by atoms with Gasteiger partial charge in [0.2, 0.25) is 0 Å². The average Bonchev–Trinajstić information content (AvgIpc) is 2.44. The Morgan fingerprint density at radius 3 is 2.64 bits per heavy atom. The fourth-order valence-corrected chi connectivity index (χ4v) is 2.17. The summed E-state index contributed by atoms with van der Waals surface area (Å²) in [6, 6.07) is 11.4. The summed E-state index contributed by atoms with van der Waals surface area (Å²) in [5.41, 5.74) is 1.45. The van der Waals surface area contributed by atoms with Crippen molar-refractivity contribution in [3.05, 3.63) is 35.9 Å². The summed E-state index contributed by atoms with van der Waals surface area (Å²) in [6.45, 7) is 3.52. The SMILES string of the molecule is C[C@@H]1CCN[C@H](c2ccccc2)CC1. The molecule has 2 rings (SSSR count). The van der Waals surface area contributed by atoms with E-state index in [0.29, 0.717) is 6.04 Å². The zero-order valence-corrected chi connectivity index (χ0v) is 8.87. The molecule has 76 valence electrons. The van der Waals surface area contributed by atoms with Gasteiger partial charge in [0.15, 0.2) is 0 Å². The molecular formula is C13H19N. The number of benzene rings is 1. The fourth-order valence-electron chi connectivity index (χ4n) is 2.17. The van der Waals surface area contributed by atoms with E-state index in [9.17, 15) is 0 Å². The summed E-state index contributed by atoms with van der Waals surface area (Å²) in [5.74, 6) is 0.885. The first-order valence-corrected chi connectivity index (χ1v) is 5.64. The van der Waals surface area contributed by atoms with Gasteiger partial charge in [-0.05, 0) is 37.3 Å². The van der Waals surface area contributed by atoms with Crippen molar-refractivity contribution in [1.82, 2.24) is 5.32 Å². The van der Waals surface area contributed by atoms with Crippen LogP contribution in [0.15, 0.2) is 30.3 Å². The van der Waals surface area contributed by atoms with Crippen LogP contribution in [0, 0.1) is 5.92 Å². The summed E-state index contributed by atoms with van der Waals surface area (Å²) in [5, 5.41) is 3.63. The van der Waals surface area contributed by atoms with Crippen molar-refractivity contribution in [2.45, 2.75) is 32.2 Å². The molecule has 1 saturated heterocycles. The van der Waals surface area contributed by atoms with Crippen molar-refractivity contribution >= 4 is 0 Å². The number of rotatable bonds is 1. The van der Waals surface area contributed by atoms with Crippen LogP contribution in [0.4, 0.5) is 0 Å². The zero-order chi connectivity index (χ0) is 9.80. The smallest absolute Gasteiger partial charge is 0.0320 e. The Hall–Kier alpha value is -0.820. The Balaban J connectivity index is 2.04. The lowest BCUT2D eigenvalue weighted by Crippen LogP contribution is -2.20.